The summed E-state index contributed by atoms with van der Waals surface area (Å²) in [7, 11) is 0. The molecule has 3 fully saturated rings. The minimum absolute atomic E-state index is 0.0333. The molecule has 2 aliphatic heterocycles. The summed E-state index contributed by atoms with van der Waals surface area (Å²) in [6, 6.07) is -0.0579. The summed E-state index contributed by atoms with van der Waals surface area (Å²) in [4.78, 5) is 16.7. The molecule has 0 aromatic rings. The van der Waals surface area contributed by atoms with Crippen LogP contribution in [0.2, 0.25) is 0 Å². The van der Waals surface area contributed by atoms with E-state index in [-0.39, 0.29) is 30.8 Å². The van der Waals surface area contributed by atoms with Gasteiger partial charge in [0, 0.05) is 18.6 Å². The molecule has 0 aromatic carbocycles. The summed E-state index contributed by atoms with van der Waals surface area (Å²) in [5.41, 5.74) is 0. The molecule has 1 amide bonds. The van der Waals surface area contributed by atoms with Crippen molar-refractivity contribution in [1.29, 1.82) is 0 Å². The molecule has 4 unspecified atom stereocenters. The van der Waals surface area contributed by atoms with E-state index in [1.165, 1.54) is 0 Å². The quantitative estimate of drug-likeness (QED) is 0.741. The van der Waals surface area contributed by atoms with Crippen molar-refractivity contribution in [2.24, 2.45) is 5.92 Å². The molecule has 3 aliphatic rings. The van der Waals surface area contributed by atoms with Crippen LogP contribution in [0.5, 0.6) is 0 Å². The number of carbonyl (C=O) groups excluding carboxylic acids is 1. The van der Waals surface area contributed by atoms with Gasteiger partial charge in [-0.2, -0.15) is 13.2 Å². The fourth-order valence-electron chi connectivity index (χ4n) is 4.50. The zero-order valence-corrected chi connectivity index (χ0v) is 13.1. The number of rotatable bonds is 1. The maximum Gasteiger partial charge on any atom is 0.391 e. The zero-order valence-electron chi connectivity index (χ0n) is 13.1. The Bertz CT molecular complexity index is 426. The molecule has 6 heteroatoms. The van der Waals surface area contributed by atoms with Crippen molar-refractivity contribution in [1.82, 2.24) is 9.80 Å². The number of hydrogen-bond donors (Lipinski definition) is 0. The SMILES string of the molecule is CC1C(=O)N(C2CCCC(C(F)(F)F)C2)CC2CCCCN21. The third kappa shape index (κ3) is 2.99. The number of piperazine rings is 1. The van der Waals surface area contributed by atoms with E-state index < -0.39 is 12.1 Å². The maximum absolute atomic E-state index is 13.0. The topological polar surface area (TPSA) is 23.6 Å². The first-order valence-electron chi connectivity index (χ1n) is 8.51. The summed E-state index contributed by atoms with van der Waals surface area (Å²) < 4.78 is 39.0. The van der Waals surface area contributed by atoms with Crippen LogP contribution < -0.4 is 0 Å². The van der Waals surface area contributed by atoms with Gasteiger partial charge in [0.15, 0.2) is 0 Å². The molecule has 0 bridgehead atoms. The number of halogens is 3. The summed E-state index contributed by atoms with van der Waals surface area (Å²) in [6.07, 6.45) is 0.809. The molecule has 2 heterocycles. The van der Waals surface area contributed by atoms with Gasteiger partial charge in [0.05, 0.1) is 12.0 Å². The van der Waals surface area contributed by atoms with Crippen molar-refractivity contribution in [3.8, 4) is 0 Å². The number of carbonyl (C=O) groups is 1. The second-order valence-corrected chi connectivity index (χ2v) is 7.11. The molecule has 3 rings (SSSR count). The second kappa shape index (κ2) is 6.02. The van der Waals surface area contributed by atoms with E-state index in [1.807, 2.05) is 6.92 Å². The van der Waals surface area contributed by atoms with Gasteiger partial charge in [-0.05, 0) is 45.6 Å². The van der Waals surface area contributed by atoms with E-state index in [4.69, 9.17) is 0 Å². The normalized spacial score (nSPS) is 38.0. The third-order valence-corrected chi connectivity index (χ3v) is 5.77. The first-order valence-corrected chi connectivity index (χ1v) is 8.51. The van der Waals surface area contributed by atoms with E-state index in [2.05, 4.69) is 4.90 Å². The Morgan fingerprint density at radius 1 is 1.05 bits per heavy atom. The molecule has 0 N–H and O–H groups in total. The van der Waals surface area contributed by atoms with Gasteiger partial charge in [-0.3, -0.25) is 9.69 Å². The van der Waals surface area contributed by atoms with E-state index in [0.717, 1.165) is 32.2 Å². The third-order valence-electron chi connectivity index (χ3n) is 5.77. The van der Waals surface area contributed by atoms with Crippen LogP contribution in [0.25, 0.3) is 0 Å². The molecule has 0 spiro atoms. The largest absolute Gasteiger partial charge is 0.391 e. The Balaban J connectivity index is 1.72. The van der Waals surface area contributed by atoms with E-state index >= 15 is 0 Å². The zero-order chi connectivity index (χ0) is 15.9. The highest BCUT2D eigenvalue weighted by Gasteiger charge is 2.47. The van der Waals surface area contributed by atoms with Crippen LogP contribution in [0, 0.1) is 5.92 Å². The molecule has 1 aliphatic carbocycles. The Morgan fingerprint density at radius 2 is 1.77 bits per heavy atom. The number of amides is 1. The molecule has 1 saturated carbocycles. The number of hydrogen-bond acceptors (Lipinski definition) is 2. The lowest BCUT2D eigenvalue weighted by Gasteiger charge is -2.50. The van der Waals surface area contributed by atoms with E-state index in [0.29, 0.717) is 19.0 Å². The van der Waals surface area contributed by atoms with Gasteiger partial charge in [0.1, 0.15) is 0 Å². The Kier molecular flexibility index (Phi) is 4.40. The molecular formula is C16H25F3N2O. The lowest BCUT2D eigenvalue weighted by Crippen LogP contribution is -2.64. The van der Waals surface area contributed by atoms with Gasteiger partial charge in [0.25, 0.3) is 0 Å². The van der Waals surface area contributed by atoms with Gasteiger partial charge in [0.2, 0.25) is 5.91 Å². The predicted octanol–water partition coefficient (Wildman–Crippen LogP) is 3.19. The average molecular weight is 318 g/mol. The minimum atomic E-state index is -4.13. The van der Waals surface area contributed by atoms with Gasteiger partial charge in [-0.25, -0.2) is 0 Å². The number of nitrogens with zero attached hydrogens (tertiary/aromatic N) is 2. The van der Waals surface area contributed by atoms with E-state index in [1.54, 1.807) is 4.90 Å². The molecule has 0 radical (unpaired) electrons. The van der Waals surface area contributed by atoms with Gasteiger partial charge >= 0.3 is 6.18 Å². The summed E-state index contributed by atoms with van der Waals surface area (Å²) in [5.74, 6) is -1.20. The Hall–Kier alpha value is -0.780. The summed E-state index contributed by atoms with van der Waals surface area (Å²) in [6.45, 7) is 3.48. The van der Waals surface area contributed by atoms with Gasteiger partial charge in [-0.1, -0.05) is 12.8 Å². The van der Waals surface area contributed by atoms with Crippen molar-refractivity contribution in [2.75, 3.05) is 13.1 Å². The number of piperidine rings is 1. The second-order valence-electron chi connectivity index (χ2n) is 7.11. The molecular weight excluding hydrogens is 293 g/mol. The molecule has 4 atom stereocenters. The number of fused-ring (bicyclic) bond motifs is 1. The van der Waals surface area contributed by atoms with Crippen molar-refractivity contribution >= 4 is 5.91 Å². The monoisotopic (exact) mass is 318 g/mol. The molecule has 3 nitrogen and oxygen atoms in total. The highest BCUT2D eigenvalue weighted by Crippen LogP contribution is 2.40. The molecule has 2 saturated heterocycles. The fraction of sp³-hybridized carbons (Fsp3) is 0.938. The standard InChI is InChI=1S/C16H25F3N2O/c1-11-15(22)21(10-14-6-2-3-8-20(11)14)13-7-4-5-12(9-13)16(17,18)19/h11-14H,2-10H2,1H3. The first kappa shape index (κ1) is 16.1. The Labute approximate surface area is 129 Å². The lowest BCUT2D eigenvalue weighted by molar-refractivity contribution is -0.189. The van der Waals surface area contributed by atoms with Crippen LogP contribution in [-0.2, 0) is 4.79 Å². The van der Waals surface area contributed by atoms with Crippen LogP contribution in [0.15, 0.2) is 0 Å². The molecule has 0 aromatic heterocycles. The Morgan fingerprint density at radius 3 is 2.50 bits per heavy atom. The molecule has 126 valence electrons. The average Bonchev–Trinajstić information content (AvgIpc) is 2.50. The van der Waals surface area contributed by atoms with Gasteiger partial charge in [-0.15, -0.1) is 0 Å². The summed E-state index contributed by atoms with van der Waals surface area (Å²) >= 11 is 0. The smallest absolute Gasteiger partial charge is 0.337 e. The fourth-order valence-corrected chi connectivity index (χ4v) is 4.50. The van der Waals surface area contributed by atoms with Crippen molar-refractivity contribution in [3.05, 3.63) is 0 Å². The first-order chi connectivity index (χ1) is 10.4. The van der Waals surface area contributed by atoms with Crippen LogP contribution in [0.3, 0.4) is 0 Å². The van der Waals surface area contributed by atoms with Crippen LogP contribution in [0.1, 0.15) is 51.9 Å². The van der Waals surface area contributed by atoms with Crippen molar-refractivity contribution < 1.29 is 18.0 Å². The minimum Gasteiger partial charge on any atom is -0.337 e. The molecule has 22 heavy (non-hydrogen) atoms. The summed E-state index contributed by atoms with van der Waals surface area (Å²) in [5, 5.41) is 0. The van der Waals surface area contributed by atoms with Crippen molar-refractivity contribution in [2.45, 2.75) is 76.2 Å². The lowest BCUT2D eigenvalue weighted by atomic mass is 9.83. The highest BCUT2D eigenvalue weighted by molar-refractivity contribution is 5.82. The van der Waals surface area contributed by atoms with Crippen LogP contribution in [-0.4, -0.2) is 53.1 Å². The van der Waals surface area contributed by atoms with Crippen LogP contribution in [0.4, 0.5) is 13.2 Å². The highest BCUT2D eigenvalue weighted by atomic mass is 19.4. The van der Waals surface area contributed by atoms with E-state index in [9.17, 15) is 18.0 Å². The van der Waals surface area contributed by atoms with Crippen LogP contribution >= 0.6 is 0 Å². The predicted molar refractivity (Wildman–Crippen MR) is 77.3 cm³/mol. The van der Waals surface area contributed by atoms with Crippen molar-refractivity contribution in [3.63, 3.8) is 0 Å². The van der Waals surface area contributed by atoms with Gasteiger partial charge < -0.3 is 4.90 Å². The maximum atomic E-state index is 13.0. The number of alkyl halides is 3.